The standard InChI is InChI=1S/C18H17Cl2NO4/c1-3-24-16-7-5-4-6-15(16)21-17(22)11(2)25-18(23)12-8-9-13(19)14(20)10-12/h4-11H,3H2,1-2H3,(H,21,22)/t11-/m1/s1. The number of rotatable bonds is 6. The first-order chi connectivity index (χ1) is 11.9. The number of amides is 1. The van der Waals surface area contributed by atoms with Crippen LogP contribution in [0.3, 0.4) is 0 Å². The Kier molecular flexibility index (Phi) is 6.67. The summed E-state index contributed by atoms with van der Waals surface area (Å²) in [4.78, 5) is 24.4. The number of nitrogens with one attached hydrogen (secondary N) is 1. The van der Waals surface area contributed by atoms with Crippen LogP contribution in [0.4, 0.5) is 5.69 Å². The number of anilines is 1. The van der Waals surface area contributed by atoms with Crippen molar-refractivity contribution in [3.05, 3.63) is 58.1 Å². The predicted octanol–water partition coefficient (Wildman–Crippen LogP) is 4.58. The van der Waals surface area contributed by atoms with Crippen LogP contribution in [0.2, 0.25) is 10.0 Å². The molecule has 1 atom stereocenters. The van der Waals surface area contributed by atoms with Crippen molar-refractivity contribution >= 4 is 40.8 Å². The van der Waals surface area contributed by atoms with Crippen LogP contribution in [-0.4, -0.2) is 24.6 Å². The minimum atomic E-state index is -1.00. The first-order valence-corrected chi connectivity index (χ1v) is 8.36. The Morgan fingerprint density at radius 2 is 1.84 bits per heavy atom. The van der Waals surface area contributed by atoms with Gasteiger partial charge in [0.25, 0.3) is 5.91 Å². The zero-order valence-corrected chi connectivity index (χ0v) is 15.2. The van der Waals surface area contributed by atoms with Gasteiger partial charge in [-0.15, -0.1) is 0 Å². The van der Waals surface area contributed by atoms with Crippen LogP contribution in [-0.2, 0) is 9.53 Å². The molecule has 1 amide bonds. The van der Waals surface area contributed by atoms with E-state index in [-0.39, 0.29) is 10.6 Å². The number of carbonyl (C=O) groups is 2. The van der Waals surface area contributed by atoms with Gasteiger partial charge >= 0.3 is 5.97 Å². The van der Waals surface area contributed by atoms with E-state index in [0.29, 0.717) is 23.1 Å². The number of ether oxygens (including phenoxy) is 2. The summed E-state index contributed by atoms with van der Waals surface area (Å²) in [6, 6.07) is 11.4. The quantitative estimate of drug-likeness (QED) is 0.743. The van der Waals surface area contributed by atoms with Gasteiger partial charge in [0.1, 0.15) is 5.75 Å². The third-order valence-corrected chi connectivity index (χ3v) is 3.99. The van der Waals surface area contributed by atoms with Gasteiger partial charge in [-0.1, -0.05) is 35.3 Å². The van der Waals surface area contributed by atoms with E-state index in [0.717, 1.165) is 0 Å². The summed E-state index contributed by atoms with van der Waals surface area (Å²) < 4.78 is 10.6. The number of halogens is 2. The lowest BCUT2D eigenvalue weighted by atomic mass is 10.2. The predicted molar refractivity (Wildman–Crippen MR) is 97.6 cm³/mol. The van der Waals surface area contributed by atoms with Gasteiger partial charge in [-0.3, -0.25) is 4.79 Å². The van der Waals surface area contributed by atoms with Crippen molar-refractivity contribution in [3.63, 3.8) is 0 Å². The summed E-state index contributed by atoms with van der Waals surface area (Å²) in [5, 5.41) is 3.25. The van der Waals surface area contributed by atoms with Crippen LogP contribution in [0, 0.1) is 0 Å². The molecule has 132 valence electrons. The first-order valence-electron chi connectivity index (χ1n) is 7.61. The molecule has 2 aromatic carbocycles. The van der Waals surface area contributed by atoms with Crippen LogP contribution >= 0.6 is 23.2 Å². The monoisotopic (exact) mass is 381 g/mol. The second-order valence-electron chi connectivity index (χ2n) is 5.09. The lowest BCUT2D eigenvalue weighted by Crippen LogP contribution is -2.30. The molecule has 0 saturated heterocycles. The highest BCUT2D eigenvalue weighted by molar-refractivity contribution is 6.42. The zero-order valence-electron chi connectivity index (χ0n) is 13.7. The topological polar surface area (TPSA) is 64.6 Å². The van der Waals surface area contributed by atoms with E-state index in [1.807, 2.05) is 6.92 Å². The molecule has 0 aromatic heterocycles. The minimum absolute atomic E-state index is 0.212. The highest BCUT2D eigenvalue weighted by Crippen LogP contribution is 2.25. The van der Waals surface area contributed by atoms with Crippen LogP contribution in [0.1, 0.15) is 24.2 Å². The van der Waals surface area contributed by atoms with Crippen molar-refractivity contribution in [1.82, 2.24) is 0 Å². The fourth-order valence-corrected chi connectivity index (χ4v) is 2.29. The average molecular weight is 382 g/mol. The van der Waals surface area contributed by atoms with Crippen LogP contribution in [0.5, 0.6) is 5.75 Å². The molecule has 2 aromatic rings. The van der Waals surface area contributed by atoms with Crippen molar-refractivity contribution in [3.8, 4) is 5.75 Å². The van der Waals surface area contributed by atoms with E-state index >= 15 is 0 Å². The third kappa shape index (κ3) is 5.11. The van der Waals surface area contributed by atoms with E-state index in [9.17, 15) is 9.59 Å². The molecule has 25 heavy (non-hydrogen) atoms. The molecule has 0 heterocycles. The highest BCUT2D eigenvalue weighted by Gasteiger charge is 2.20. The van der Waals surface area contributed by atoms with Gasteiger partial charge in [-0.2, -0.15) is 0 Å². The van der Waals surface area contributed by atoms with Gasteiger partial charge in [-0.25, -0.2) is 4.79 Å². The van der Waals surface area contributed by atoms with Gasteiger partial charge in [0.05, 0.1) is 27.9 Å². The van der Waals surface area contributed by atoms with Gasteiger partial charge in [0.15, 0.2) is 6.10 Å². The first kappa shape index (κ1) is 19.1. The minimum Gasteiger partial charge on any atom is -0.492 e. The third-order valence-electron chi connectivity index (χ3n) is 3.25. The van der Waals surface area contributed by atoms with Crippen LogP contribution < -0.4 is 10.1 Å². The molecule has 7 heteroatoms. The number of esters is 1. The Balaban J connectivity index is 2.02. The number of hydrogen-bond acceptors (Lipinski definition) is 4. The van der Waals surface area contributed by atoms with Crippen molar-refractivity contribution < 1.29 is 19.1 Å². The fourth-order valence-electron chi connectivity index (χ4n) is 1.99. The molecule has 0 bridgehead atoms. The second kappa shape index (κ2) is 8.74. The van der Waals surface area contributed by atoms with Crippen LogP contribution in [0.15, 0.2) is 42.5 Å². The maximum Gasteiger partial charge on any atom is 0.338 e. The Hall–Kier alpha value is -2.24. The maximum atomic E-state index is 12.3. The molecule has 0 aliphatic rings. The molecule has 0 fully saturated rings. The van der Waals surface area contributed by atoms with Crippen LogP contribution in [0.25, 0.3) is 0 Å². The Morgan fingerprint density at radius 1 is 1.12 bits per heavy atom. The Labute approximate surface area is 155 Å². The van der Waals surface area contributed by atoms with E-state index in [1.165, 1.54) is 25.1 Å². The van der Waals surface area contributed by atoms with Crippen molar-refractivity contribution in [2.24, 2.45) is 0 Å². The lowest BCUT2D eigenvalue weighted by molar-refractivity contribution is -0.123. The van der Waals surface area contributed by atoms with Gasteiger partial charge < -0.3 is 14.8 Å². The van der Waals surface area contributed by atoms with Gasteiger partial charge in [0.2, 0.25) is 0 Å². The molecule has 0 radical (unpaired) electrons. The number of benzene rings is 2. The number of hydrogen-bond donors (Lipinski definition) is 1. The molecule has 0 aliphatic heterocycles. The maximum absolute atomic E-state index is 12.3. The van der Waals surface area contributed by atoms with Crippen molar-refractivity contribution in [2.75, 3.05) is 11.9 Å². The largest absolute Gasteiger partial charge is 0.492 e. The summed E-state index contributed by atoms with van der Waals surface area (Å²) in [6.45, 7) is 3.79. The summed E-state index contributed by atoms with van der Waals surface area (Å²) >= 11 is 11.7. The molecule has 0 aliphatic carbocycles. The van der Waals surface area contributed by atoms with Crippen molar-refractivity contribution in [2.45, 2.75) is 20.0 Å². The Bertz CT molecular complexity index is 779. The number of para-hydroxylation sites is 2. The normalized spacial score (nSPS) is 11.5. The molecule has 0 saturated carbocycles. The summed E-state index contributed by atoms with van der Waals surface area (Å²) in [5.74, 6) is -0.596. The van der Waals surface area contributed by atoms with E-state index in [2.05, 4.69) is 5.32 Å². The van der Waals surface area contributed by atoms with E-state index < -0.39 is 18.0 Å². The summed E-state index contributed by atoms with van der Waals surface area (Å²) in [6.07, 6.45) is -1.00. The molecule has 0 unspecified atom stereocenters. The summed E-state index contributed by atoms with van der Waals surface area (Å²) in [7, 11) is 0. The van der Waals surface area contributed by atoms with E-state index in [1.54, 1.807) is 24.3 Å². The fraction of sp³-hybridized carbons (Fsp3) is 0.222. The van der Waals surface area contributed by atoms with Gasteiger partial charge in [-0.05, 0) is 44.2 Å². The second-order valence-corrected chi connectivity index (χ2v) is 5.91. The van der Waals surface area contributed by atoms with Crippen molar-refractivity contribution in [1.29, 1.82) is 0 Å². The highest BCUT2D eigenvalue weighted by atomic mass is 35.5. The van der Waals surface area contributed by atoms with Gasteiger partial charge in [0, 0.05) is 0 Å². The molecule has 2 rings (SSSR count). The Morgan fingerprint density at radius 3 is 2.52 bits per heavy atom. The average Bonchev–Trinajstić information content (AvgIpc) is 2.59. The smallest absolute Gasteiger partial charge is 0.338 e. The molecular formula is C18H17Cl2NO4. The number of carbonyl (C=O) groups excluding carboxylic acids is 2. The molecule has 1 N–H and O–H groups in total. The zero-order chi connectivity index (χ0) is 18.4. The SMILES string of the molecule is CCOc1ccccc1NC(=O)[C@@H](C)OC(=O)c1ccc(Cl)c(Cl)c1. The molecular weight excluding hydrogens is 365 g/mol. The summed E-state index contributed by atoms with van der Waals surface area (Å²) in [5.41, 5.74) is 0.718. The van der Waals surface area contributed by atoms with E-state index in [4.69, 9.17) is 32.7 Å². The molecule has 0 spiro atoms. The molecule has 5 nitrogen and oxygen atoms in total. The lowest BCUT2D eigenvalue weighted by Gasteiger charge is -2.15.